The summed E-state index contributed by atoms with van der Waals surface area (Å²) in [5.74, 6) is 0.685. The van der Waals surface area contributed by atoms with E-state index in [0.29, 0.717) is 17.4 Å². The summed E-state index contributed by atoms with van der Waals surface area (Å²) in [4.78, 5) is 12.2. The van der Waals surface area contributed by atoms with E-state index in [1.165, 1.54) is 0 Å². The Kier molecular flexibility index (Phi) is 6.76. The summed E-state index contributed by atoms with van der Waals surface area (Å²) < 4.78 is 32.1. The Labute approximate surface area is 154 Å². The highest BCUT2D eigenvalue weighted by molar-refractivity contribution is 7.89. The summed E-state index contributed by atoms with van der Waals surface area (Å²) in [5.41, 5.74) is 1.67. The van der Waals surface area contributed by atoms with Crippen LogP contribution in [0.5, 0.6) is 5.75 Å². The molecule has 0 aliphatic carbocycles. The molecule has 2 N–H and O–H groups in total. The first-order chi connectivity index (χ1) is 12.3. The first kappa shape index (κ1) is 19.9. The van der Waals surface area contributed by atoms with Crippen molar-refractivity contribution >= 4 is 21.6 Å². The molecule has 0 fully saturated rings. The van der Waals surface area contributed by atoms with Gasteiger partial charge in [-0.25, -0.2) is 13.1 Å². The van der Waals surface area contributed by atoms with Crippen LogP contribution in [0.15, 0.2) is 53.4 Å². The molecule has 0 atom stereocenters. The number of carbonyl (C=O) groups excluding carboxylic acids is 1. The van der Waals surface area contributed by atoms with Crippen LogP contribution in [0, 0.1) is 0 Å². The molecule has 6 nitrogen and oxygen atoms in total. The Hall–Kier alpha value is -2.38. The molecule has 0 heterocycles. The number of sulfonamides is 1. The zero-order valence-electron chi connectivity index (χ0n) is 15.2. The van der Waals surface area contributed by atoms with Gasteiger partial charge in [-0.1, -0.05) is 32.0 Å². The van der Waals surface area contributed by atoms with E-state index < -0.39 is 10.0 Å². The van der Waals surface area contributed by atoms with E-state index in [1.54, 1.807) is 55.6 Å². The lowest BCUT2D eigenvalue weighted by atomic mass is 10.0. The van der Waals surface area contributed by atoms with Crippen molar-refractivity contribution in [3.8, 4) is 5.75 Å². The van der Waals surface area contributed by atoms with Crippen LogP contribution in [0.25, 0.3) is 0 Å². The zero-order chi connectivity index (χ0) is 19.2. The van der Waals surface area contributed by atoms with E-state index in [2.05, 4.69) is 10.0 Å². The zero-order valence-corrected chi connectivity index (χ0v) is 16.0. The molecule has 1 amide bonds. The van der Waals surface area contributed by atoms with Gasteiger partial charge >= 0.3 is 0 Å². The molecule has 140 valence electrons. The van der Waals surface area contributed by atoms with Crippen molar-refractivity contribution in [2.75, 3.05) is 19.0 Å². The molecule has 0 aromatic heterocycles. The van der Waals surface area contributed by atoms with Gasteiger partial charge in [-0.15, -0.1) is 0 Å². The fourth-order valence-corrected chi connectivity index (χ4v) is 3.37. The minimum absolute atomic E-state index is 0.0179. The number of amides is 1. The summed E-state index contributed by atoms with van der Waals surface area (Å²) in [6.07, 6.45) is 0.0283. The lowest BCUT2D eigenvalue weighted by Crippen LogP contribution is -2.27. The molecule has 0 saturated carbocycles. The Morgan fingerprint density at radius 2 is 1.81 bits per heavy atom. The number of ether oxygens (including phenoxy) is 1. The van der Waals surface area contributed by atoms with Gasteiger partial charge in [-0.2, -0.15) is 0 Å². The normalized spacial score (nSPS) is 11.4. The average Bonchev–Trinajstić information content (AvgIpc) is 2.61. The minimum Gasteiger partial charge on any atom is -0.497 e. The molecule has 0 aliphatic heterocycles. The second-order valence-electron chi connectivity index (χ2n) is 6.15. The molecule has 0 unspecified atom stereocenters. The van der Waals surface area contributed by atoms with Crippen LogP contribution < -0.4 is 14.8 Å². The molecule has 0 aliphatic rings. The monoisotopic (exact) mass is 376 g/mol. The number of carbonyl (C=O) groups is 1. The minimum atomic E-state index is -3.63. The second-order valence-corrected chi connectivity index (χ2v) is 7.92. The molecule has 2 aromatic rings. The number of rotatable bonds is 8. The van der Waals surface area contributed by atoms with E-state index in [-0.39, 0.29) is 23.8 Å². The molecular weight excluding hydrogens is 352 g/mol. The highest BCUT2D eigenvalue weighted by Crippen LogP contribution is 2.18. The fourth-order valence-electron chi connectivity index (χ4n) is 2.34. The topological polar surface area (TPSA) is 84.5 Å². The van der Waals surface area contributed by atoms with Crippen LogP contribution in [0.1, 0.15) is 31.7 Å². The van der Waals surface area contributed by atoms with Gasteiger partial charge in [0.05, 0.1) is 12.0 Å². The Morgan fingerprint density at radius 3 is 2.42 bits per heavy atom. The fraction of sp³-hybridized carbons (Fsp3) is 0.316. The lowest BCUT2D eigenvalue weighted by Gasteiger charge is -2.10. The summed E-state index contributed by atoms with van der Waals surface area (Å²) in [5, 5.41) is 2.71. The van der Waals surface area contributed by atoms with Crippen molar-refractivity contribution in [2.45, 2.75) is 31.1 Å². The maximum Gasteiger partial charge on any atom is 0.240 e. The number of methoxy groups -OCH3 is 1. The van der Waals surface area contributed by atoms with Crippen LogP contribution >= 0.6 is 0 Å². The van der Waals surface area contributed by atoms with Crippen molar-refractivity contribution in [1.82, 2.24) is 4.72 Å². The maximum atomic E-state index is 12.3. The van der Waals surface area contributed by atoms with E-state index >= 15 is 0 Å². The quantitative estimate of drug-likeness (QED) is 0.741. The SMILES string of the molecule is COc1cccc(NC(=O)CCNS(=O)(=O)c2ccc(C(C)C)cc2)c1. The smallest absolute Gasteiger partial charge is 0.240 e. The summed E-state index contributed by atoms with van der Waals surface area (Å²) in [6.45, 7) is 4.11. The second kappa shape index (κ2) is 8.82. The van der Waals surface area contributed by atoms with Crippen LogP contribution in [0.4, 0.5) is 5.69 Å². The Balaban J connectivity index is 1.88. The van der Waals surface area contributed by atoms with Crippen molar-refractivity contribution in [2.24, 2.45) is 0 Å². The first-order valence-corrected chi connectivity index (χ1v) is 9.83. The average molecular weight is 376 g/mol. The van der Waals surface area contributed by atoms with Gasteiger partial charge in [0, 0.05) is 24.7 Å². The largest absolute Gasteiger partial charge is 0.497 e. The molecule has 0 radical (unpaired) electrons. The molecule has 2 rings (SSSR count). The molecule has 2 aromatic carbocycles. The van der Waals surface area contributed by atoms with E-state index in [4.69, 9.17) is 4.74 Å². The summed E-state index contributed by atoms with van der Waals surface area (Å²) in [7, 11) is -2.09. The third kappa shape index (κ3) is 5.57. The van der Waals surface area contributed by atoms with Crippen molar-refractivity contribution in [1.29, 1.82) is 0 Å². The molecular formula is C19H24N2O4S. The summed E-state index contributed by atoms with van der Waals surface area (Å²) >= 11 is 0. The predicted octanol–water partition coefficient (Wildman–Crippen LogP) is 3.13. The van der Waals surface area contributed by atoms with E-state index in [1.807, 2.05) is 13.8 Å². The van der Waals surface area contributed by atoms with Gasteiger partial charge in [0.25, 0.3) is 0 Å². The number of nitrogens with one attached hydrogen (secondary N) is 2. The van der Waals surface area contributed by atoms with E-state index in [0.717, 1.165) is 5.56 Å². The van der Waals surface area contributed by atoms with E-state index in [9.17, 15) is 13.2 Å². The molecule has 26 heavy (non-hydrogen) atoms. The third-order valence-electron chi connectivity index (χ3n) is 3.85. The summed E-state index contributed by atoms with van der Waals surface area (Å²) in [6, 6.07) is 13.7. The maximum absolute atomic E-state index is 12.3. The van der Waals surface area contributed by atoms with Gasteiger partial charge < -0.3 is 10.1 Å². The van der Waals surface area contributed by atoms with Crippen LogP contribution in [0.3, 0.4) is 0 Å². The van der Waals surface area contributed by atoms with Crippen molar-refractivity contribution in [3.05, 3.63) is 54.1 Å². The number of anilines is 1. The molecule has 0 bridgehead atoms. The van der Waals surface area contributed by atoms with Crippen LogP contribution in [-0.2, 0) is 14.8 Å². The first-order valence-electron chi connectivity index (χ1n) is 8.35. The lowest BCUT2D eigenvalue weighted by molar-refractivity contribution is -0.116. The highest BCUT2D eigenvalue weighted by atomic mass is 32.2. The van der Waals surface area contributed by atoms with Gasteiger partial charge in [0.2, 0.25) is 15.9 Å². The van der Waals surface area contributed by atoms with Crippen LogP contribution in [-0.4, -0.2) is 28.0 Å². The van der Waals surface area contributed by atoms with Gasteiger partial charge in [-0.3, -0.25) is 4.79 Å². The molecule has 0 spiro atoms. The van der Waals surface area contributed by atoms with Crippen molar-refractivity contribution in [3.63, 3.8) is 0 Å². The molecule has 0 saturated heterocycles. The predicted molar refractivity (Wildman–Crippen MR) is 102 cm³/mol. The number of hydrogen-bond donors (Lipinski definition) is 2. The van der Waals surface area contributed by atoms with Gasteiger partial charge in [-0.05, 0) is 35.7 Å². The van der Waals surface area contributed by atoms with Crippen LogP contribution in [0.2, 0.25) is 0 Å². The number of benzene rings is 2. The Morgan fingerprint density at radius 1 is 1.12 bits per heavy atom. The van der Waals surface area contributed by atoms with Gasteiger partial charge in [0.15, 0.2) is 0 Å². The third-order valence-corrected chi connectivity index (χ3v) is 5.33. The molecule has 7 heteroatoms. The van der Waals surface area contributed by atoms with Gasteiger partial charge in [0.1, 0.15) is 5.75 Å². The van der Waals surface area contributed by atoms with Crippen molar-refractivity contribution < 1.29 is 17.9 Å². The highest BCUT2D eigenvalue weighted by Gasteiger charge is 2.14. The number of hydrogen-bond acceptors (Lipinski definition) is 4. The standard InChI is InChI=1S/C19H24N2O4S/c1-14(2)15-7-9-18(10-8-15)26(23,24)20-12-11-19(22)21-16-5-4-6-17(13-16)25-3/h4-10,13-14,20H,11-12H2,1-3H3,(H,21,22). The Bertz CT molecular complexity index is 846.